The number of benzene rings is 1. The van der Waals surface area contributed by atoms with Gasteiger partial charge in [0.15, 0.2) is 0 Å². The van der Waals surface area contributed by atoms with Crippen LogP contribution in [0.5, 0.6) is 5.75 Å². The summed E-state index contributed by atoms with van der Waals surface area (Å²) in [4.78, 5) is 0. The maximum atomic E-state index is 8.47. The molecule has 0 radical (unpaired) electrons. The van der Waals surface area contributed by atoms with Crippen molar-refractivity contribution in [2.24, 2.45) is 5.92 Å². The number of ether oxygens (including phenoxy) is 1. The van der Waals surface area contributed by atoms with Gasteiger partial charge in [-0.15, -0.1) is 0 Å². The molecule has 1 fully saturated rings. The lowest BCUT2D eigenvalue weighted by atomic mass is 10.1. The molecule has 2 rings (SSSR count). The van der Waals surface area contributed by atoms with Crippen LogP contribution in [0.4, 0.5) is 5.69 Å². The number of hydrogen-bond acceptors (Lipinski definition) is 3. The van der Waals surface area contributed by atoms with Gasteiger partial charge in [0.05, 0.1) is 12.7 Å². The van der Waals surface area contributed by atoms with Crippen LogP contribution in [-0.4, -0.2) is 12.6 Å². The second-order valence-corrected chi connectivity index (χ2v) is 5.36. The highest BCUT2D eigenvalue weighted by Crippen LogP contribution is 2.34. The maximum absolute atomic E-state index is 8.47. The lowest BCUT2D eigenvalue weighted by molar-refractivity contribution is 0.313. The van der Waals surface area contributed by atoms with Gasteiger partial charge >= 0.3 is 0 Å². The molecule has 0 heterocycles. The smallest absolute Gasteiger partial charge is 0.121 e. The quantitative estimate of drug-likeness (QED) is 0.718. The standard InChI is InChI=1S/C16H22N2O/c1-13(11-14-7-8-14)18-15-5-4-6-16(12-15)19-10-3-2-9-17/h4-6,12-14,18H,2-3,7-8,10-11H2,1H3. The van der Waals surface area contributed by atoms with Crippen molar-refractivity contribution in [1.29, 1.82) is 5.26 Å². The molecule has 0 aromatic heterocycles. The minimum absolute atomic E-state index is 0.515. The average Bonchev–Trinajstić information content (AvgIpc) is 3.19. The number of nitrogens with one attached hydrogen (secondary N) is 1. The molecule has 1 aromatic rings. The first-order chi connectivity index (χ1) is 9.28. The van der Waals surface area contributed by atoms with Crippen molar-refractivity contribution in [2.75, 3.05) is 11.9 Å². The SMILES string of the molecule is CC(CC1CC1)Nc1cccc(OCCCC#N)c1. The summed E-state index contributed by atoms with van der Waals surface area (Å²) < 4.78 is 5.63. The summed E-state index contributed by atoms with van der Waals surface area (Å²) in [6.07, 6.45) is 5.39. The van der Waals surface area contributed by atoms with Crippen LogP contribution in [0.25, 0.3) is 0 Å². The zero-order valence-electron chi connectivity index (χ0n) is 11.6. The number of rotatable bonds is 8. The Hall–Kier alpha value is -1.69. The van der Waals surface area contributed by atoms with E-state index in [1.54, 1.807) is 0 Å². The van der Waals surface area contributed by atoms with Crippen LogP contribution < -0.4 is 10.1 Å². The van der Waals surface area contributed by atoms with Crippen molar-refractivity contribution in [3.63, 3.8) is 0 Å². The first-order valence-electron chi connectivity index (χ1n) is 7.14. The molecular weight excluding hydrogens is 236 g/mol. The molecule has 0 amide bonds. The number of unbranched alkanes of at least 4 members (excludes halogenated alkanes) is 1. The van der Waals surface area contributed by atoms with E-state index in [1.165, 1.54) is 19.3 Å². The summed E-state index contributed by atoms with van der Waals surface area (Å²) in [7, 11) is 0. The molecule has 1 aliphatic carbocycles. The van der Waals surface area contributed by atoms with Gasteiger partial charge in [0.25, 0.3) is 0 Å². The van der Waals surface area contributed by atoms with Crippen LogP contribution in [0, 0.1) is 17.2 Å². The molecule has 0 bridgehead atoms. The highest BCUT2D eigenvalue weighted by molar-refractivity contribution is 5.48. The molecule has 0 aliphatic heterocycles. The highest BCUT2D eigenvalue weighted by Gasteiger charge is 2.23. The lowest BCUT2D eigenvalue weighted by Gasteiger charge is -2.15. The van der Waals surface area contributed by atoms with Gasteiger partial charge in [-0.25, -0.2) is 0 Å². The van der Waals surface area contributed by atoms with Crippen molar-refractivity contribution in [3.8, 4) is 11.8 Å². The van der Waals surface area contributed by atoms with E-state index < -0.39 is 0 Å². The van der Waals surface area contributed by atoms with Crippen LogP contribution in [0.1, 0.15) is 39.0 Å². The Labute approximate surface area is 115 Å². The monoisotopic (exact) mass is 258 g/mol. The van der Waals surface area contributed by atoms with Gasteiger partial charge in [-0.1, -0.05) is 18.9 Å². The van der Waals surface area contributed by atoms with E-state index in [0.29, 0.717) is 19.1 Å². The van der Waals surface area contributed by atoms with E-state index in [-0.39, 0.29) is 0 Å². The largest absolute Gasteiger partial charge is 0.493 e. The summed E-state index contributed by atoms with van der Waals surface area (Å²) in [5.74, 6) is 1.81. The Balaban J connectivity index is 1.78. The Morgan fingerprint density at radius 2 is 2.32 bits per heavy atom. The normalized spacial score (nSPS) is 15.6. The Morgan fingerprint density at radius 1 is 1.47 bits per heavy atom. The molecule has 3 heteroatoms. The van der Waals surface area contributed by atoms with E-state index in [9.17, 15) is 0 Å². The van der Waals surface area contributed by atoms with Crippen LogP contribution in [0.15, 0.2) is 24.3 Å². The number of anilines is 1. The van der Waals surface area contributed by atoms with Gasteiger partial charge in [-0.05, 0) is 37.8 Å². The first kappa shape index (κ1) is 13.7. The fraction of sp³-hybridized carbons (Fsp3) is 0.562. The van der Waals surface area contributed by atoms with Gasteiger partial charge in [0.2, 0.25) is 0 Å². The third-order valence-corrected chi connectivity index (χ3v) is 3.33. The van der Waals surface area contributed by atoms with Crippen LogP contribution in [0.3, 0.4) is 0 Å². The van der Waals surface area contributed by atoms with Gasteiger partial charge in [-0.2, -0.15) is 5.26 Å². The summed E-state index contributed by atoms with van der Waals surface area (Å²) >= 11 is 0. The van der Waals surface area contributed by atoms with Crippen molar-refractivity contribution in [2.45, 2.75) is 45.1 Å². The third-order valence-electron chi connectivity index (χ3n) is 3.33. The summed E-state index contributed by atoms with van der Waals surface area (Å²) in [5, 5.41) is 12.0. The van der Waals surface area contributed by atoms with Gasteiger partial charge in [0.1, 0.15) is 5.75 Å². The second-order valence-electron chi connectivity index (χ2n) is 5.36. The molecule has 1 aromatic carbocycles. The van der Waals surface area contributed by atoms with Crippen molar-refractivity contribution < 1.29 is 4.74 Å². The molecule has 1 N–H and O–H groups in total. The Kier molecular flexibility index (Phi) is 5.09. The fourth-order valence-corrected chi connectivity index (χ4v) is 2.21. The van der Waals surface area contributed by atoms with E-state index in [2.05, 4.69) is 24.4 Å². The molecule has 1 atom stereocenters. The molecular formula is C16H22N2O. The van der Waals surface area contributed by atoms with Crippen LogP contribution in [-0.2, 0) is 0 Å². The molecule has 1 aliphatic rings. The molecule has 1 unspecified atom stereocenters. The maximum Gasteiger partial charge on any atom is 0.121 e. The first-order valence-corrected chi connectivity index (χ1v) is 7.14. The number of nitriles is 1. The van der Waals surface area contributed by atoms with Gasteiger partial charge in [0, 0.05) is 24.2 Å². The predicted octanol–water partition coefficient (Wildman–Crippen LogP) is 3.97. The Bertz CT molecular complexity index is 435. The van der Waals surface area contributed by atoms with Crippen LogP contribution >= 0.6 is 0 Å². The summed E-state index contributed by atoms with van der Waals surface area (Å²) in [6.45, 7) is 2.84. The second kappa shape index (κ2) is 7.04. The van der Waals surface area contributed by atoms with E-state index >= 15 is 0 Å². The molecule has 102 valence electrons. The number of nitrogens with zero attached hydrogens (tertiary/aromatic N) is 1. The van der Waals surface area contributed by atoms with Gasteiger partial charge < -0.3 is 10.1 Å². The highest BCUT2D eigenvalue weighted by atomic mass is 16.5. The van der Waals surface area contributed by atoms with Crippen molar-refractivity contribution in [1.82, 2.24) is 0 Å². The minimum atomic E-state index is 0.515. The molecule has 0 saturated heterocycles. The zero-order valence-corrected chi connectivity index (χ0v) is 11.6. The molecule has 0 spiro atoms. The topological polar surface area (TPSA) is 45.0 Å². The fourth-order valence-electron chi connectivity index (χ4n) is 2.21. The van der Waals surface area contributed by atoms with E-state index in [1.807, 2.05) is 18.2 Å². The Morgan fingerprint density at radius 3 is 3.05 bits per heavy atom. The average molecular weight is 258 g/mol. The van der Waals surface area contributed by atoms with Crippen molar-refractivity contribution >= 4 is 5.69 Å². The zero-order chi connectivity index (χ0) is 13.5. The third kappa shape index (κ3) is 5.21. The lowest BCUT2D eigenvalue weighted by Crippen LogP contribution is -2.15. The van der Waals surface area contributed by atoms with E-state index in [4.69, 9.17) is 10.00 Å². The predicted molar refractivity (Wildman–Crippen MR) is 77.2 cm³/mol. The molecule has 1 saturated carbocycles. The molecule has 3 nitrogen and oxygen atoms in total. The number of hydrogen-bond donors (Lipinski definition) is 1. The summed E-state index contributed by atoms with van der Waals surface area (Å²) in [5.41, 5.74) is 1.12. The molecule has 19 heavy (non-hydrogen) atoms. The van der Waals surface area contributed by atoms with Crippen molar-refractivity contribution in [3.05, 3.63) is 24.3 Å². The van der Waals surface area contributed by atoms with Crippen LogP contribution in [0.2, 0.25) is 0 Å². The van der Waals surface area contributed by atoms with E-state index in [0.717, 1.165) is 23.8 Å². The van der Waals surface area contributed by atoms with Gasteiger partial charge in [-0.3, -0.25) is 0 Å². The summed E-state index contributed by atoms with van der Waals surface area (Å²) in [6, 6.07) is 10.7. The minimum Gasteiger partial charge on any atom is -0.493 e.